The summed E-state index contributed by atoms with van der Waals surface area (Å²) < 4.78 is 25.8. The van der Waals surface area contributed by atoms with E-state index in [9.17, 15) is 18.3 Å². The van der Waals surface area contributed by atoms with Crippen LogP contribution in [-0.2, 0) is 21.1 Å². The minimum Gasteiger partial charge on any atom is -0.480 e. The van der Waals surface area contributed by atoms with Gasteiger partial charge in [-0.25, -0.2) is 8.42 Å². The standard InChI is InChI=1S/C18H19NO4S/c1-2-12-8-10-13(11-9-12)15-16(18(15,19)17(20)21)24(22,23)14-6-4-3-5-7-14/h3-11,15-16H,2,19H2,1H3,(H,20,21)/t15-,16+,18+/m0/s1. The molecule has 0 saturated heterocycles. The molecule has 5 nitrogen and oxygen atoms in total. The second-order valence-electron chi connectivity index (χ2n) is 6.09. The van der Waals surface area contributed by atoms with Crippen LogP contribution in [0.1, 0.15) is 24.0 Å². The van der Waals surface area contributed by atoms with Crippen LogP contribution in [0.4, 0.5) is 0 Å². The second kappa shape index (κ2) is 5.72. The SMILES string of the molecule is CCc1ccc([C@H]2[C@@H](S(=O)(=O)c3ccccc3)[C@@]2(N)C(=O)O)cc1. The normalized spacial score (nSPS) is 26.1. The zero-order chi connectivity index (χ0) is 17.5. The van der Waals surface area contributed by atoms with E-state index in [2.05, 4.69) is 0 Å². The molecule has 2 aromatic rings. The van der Waals surface area contributed by atoms with Crippen molar-refractivity contribution in [2.75, 3.05) is 0 Å². The summed E-state index contributed by atoms with van der Waals surface area (Å²) in [5.41, 5.74) is 5.96. The lowest BCUT2D eigenvalue weighted by Gasteiger charge is -2.06. The highest BCUT2D eigenvalue weighted by atomic mass is 32.2. The monoisotopic (exact) mass is 345 g/mol. The van der Waals surface area contributed by atoms with Crippen LogP contribution < -0.4 is 5.73 Å². The van der Waals surface area contributed by atoms with Gasteiger partial charge in [0, 0.05) is 5.92 Å². The first-order valence-electron chi connectivity index (χ1n) is 7.73. The highest BCUT2D eigenvalue weighted by Crippen LogP contribution is 2.55. The van der Waals surface area contributed by atoms with E-state index >= 15 is 0 Å². The van der Waals surface area contributed by atoms with Gasteiger partial charge < -0.3 is 10.8 Å². The molecule has 3 N–H and O–H groups in total. The average Bonchev–Trinajstić information content (AvgIpc) is 3.24. The maximum atomic E-state index is 12.9. The van der Waals surface area contributed by atoms with Gasteiger partial charge in [0.2, 0.25) is 0 Å². The predicted molar refractivity (Wildman–Crippen MR) is 90.5 cm³/mol. The fourth-order valence-corrected chi connectivity index (χ4v) is 5.49. The number of carbonyl (C=O) groups is 1. The Labute approximate surface area is 141 Å². The van der Waals surface area contributed by atoms with Crippen LogP contribution in [0, 0.1) is 0 Å². The van der Waals surface area contributed by atoms with Gasteiger partial charge in [0.15, 0.2) is 9.84 Å². The van der Waals surface area contributed by atoms with Gasteiger partial charge in [-0.2, -0.15) is 0 Å². The molecule has 2 aromatic carbocycles. The first-order chi connectivity index (χ1) is 11.3. The second-order valence-corrected chi connectivity index (χ2v) is 8.16. The minimum atomic E-state index is -3.84. The number of sulfone groups is 1. The van der Waals surface area contributed by atoms with E-state index in [4.69, 9.17) is 5.73 Å². The van der Waals surface area contributed by atoms with E-state index in [1.807, 2.05) is 19.1 Å². The van der Waals surface area contributed by atoms with Crippen molar-refractivity contribution in [3.8, 4) is 0 Å². The smallest absolute Gasteiger partial charge is 0.325 e. The third kappa shape index (κ3) is 2.42. The molecule has 0 aromatic heterocycles. The molecule has 6 heteroatoms. The number of nitrogens with two attached hydrogens (primary N) is 1. The third-order valence-electron chi connectivity index (χ3n) is 4.70. The summed E-state index contributed by atoms with van der Waals surface area (Å²) in [6.07, 6.45) is 0.851. The molecule has 1 aliphatic carbocycles. The molecule has 1 aliphatic rings. The molecule has 0 unspecified atom stereocenters. The van der Waals surface area contributed by atoms with Crippen LogP contribution in [0.2, 0.25) is 0 Å². The molecule has 0 bridgehead atoms. The molecule has 0 heterocycles. The highest BCUT2D eigenvalue weighted by Gasteiger charge is 2.74. The van der Waals surface area contributed by atoms with Crippen molar-refractivity contribution < 1.29 is 18.3 Å². The Morgan fingerprint density at radius 3 is 2.21 bits per heavy atom. The molecular weight excluding hydrogens is 326 g/mol. The fourth-order valence-electron chi connectivity index (χ4n) is 3.23. The van der Waals surface area contributed by atoms with Crippen LogP contribution in [0.5, 0.6) is 0 Å². The zero-order valence-corrected chi connectivity index (χ0v) is 14.0. The molecular formula is C18H19NO4S. The van der Waals surface area contributed by atoms with Gasteiger partial charge in [-0.15, -0.1) is 0 Å². The Kier molecular flexibility index (Phi) is 3.97. The Hall–Kier alpha value is -2.18. The first-order valence-corrected chi connectivity index (χ1v) is 9.28. The summed E-state index contributed by atoms with van der Waals surface area (Å²) in [7, 11) is -3.84. The van der Waals surface area contributed by atoms with Crippen molar-refractivity contribution in [2.24, 2.45) is 5.73 Å². The quantitative estimate of drug-likeness (QED) is 0.863. The lowest BCUT2D eigenvalue weighted by molar-refractivity contribution is -0.139. The van der Waals surface area contributed by atoms with E-state index in [1.165, 1.54) is 12.1 Å². The topological polar surface area (TPSA) is 97.5 Å². The summed E-state index contributed by atoms with van der Waals surface area (Å²) in [6.45, 7) is 2.01. The van der Waals surface area contributed by atoms with Gasteiger partial charge in [0.05, 0.1) is 4.90 Å². The molecule has 0 spiro atoms. The summed E-state index contributed by atoms with van der Waals surface area (Å²) in [5, 5.41) is 8.37. The van der Waals surface area contributed by atoms with Gasteiger partial charge in [-0.05, 0) is 29.7 Å². The number of aliphatic carboxylic acids is 1. The van der Waals surface area contributed by atoms with Gasteiger partial charge in [0.1, 0.15) is 10.8 Å². The number of aryl methyl sites for hydroxylation is 1. The van der Waals surface area contributed by atoms with Crippen LogP contribution in [0.25, 0.3) is 0 Å². The Morgan fingerprint density at radius 1 is 1.12 bits per heavy atom. The van der Waals surface area contributed by atoms with E-state index in [0.29, 0.717) is 5.56 Å². The average molecular weight is 345 g/mol. The highest BCUT2D eigenvalue weighted by molar-refractivity contribution is 7.92. The predicted octanol–water partition coefficient (Wildman–Crippen LogP) is 1.97. The number of carboxylic acid groups (broad SMARTS) is 1. The number of benzene rings is 2. The molecule has 1 fully saturated rings. The number of hydrogen-bond acceptors (Lipinski definition) is 4. The minimum absolute atomic E-state index is 0.0961. The summed E-state index contributed by atoms with van der Waals surface area (Å²) in [6, 6.07) is 15.2. The molecule has 126 valence electrons. The molecule has 0 aliphatic heterocycles. The molecule has 0 amide bonds. The molecule has 3 atom stereocenters. The van der Waals surface area contributed by atoms with Crippen LogP contribution in [0.15, 0.2) is 59.5 Å². The summed E-state index contributed by atoms with van der Waals surface area (Å²) >= 11 is 0. The van der Waals surface area contributed by atoms with Crippen molar-refractivity contribution in [1.29, 1.82) is 0 Å². The van der Waals surface area contributed by atoms with Gasteiger partial charge in [0.25, 0.3) is 0 Å². The molecule has 24 heavy (non-hydrogen) atoms. The van der Waals surface area contributed by atoms with Crippen molar-refractivity contribution >= 4 is 15.8 Å². The molecule has 3 rings (SSSR count). The fraction of sp³-hybridized carbons (Fsp3) is 0.278. The third-order valence-corrected chi connectivity index (χ3v) is 6.96. The van der Waals surface area contributed by atoms with E-state index in [0.717, 1.165) is 12.0 Å². The number of hydrogen-bond donors (Lipinski definition) is 2. The van der Waals surface area contributed by atoms with E-state index in [1.54, 1.807) is 30.3 Å². The van der Waals surface area contributed by atoms with Crippen LogP contribution >= 0.6 is 0 Å². The van der Waals surface area contributed by atoms with Crippen molar-refractivity contribution in [1.82, 2.24) is 0 Å². The van der Waals surface area contributed by atoms with E-state index < -0.39 is 32.5 Å². The summed E-state index contributed by atoms with van der Waals surface area (Å²) in [4.78, 5) is 11.8. The Balaban J connectivity index is 2.04. The van der Waals surface area contributed by atoms with Crippen molar-refractivity contribution in [3.05, 3.63) is 65.7 Å². The Bertz CT molecular complexity index is 862. The maximum Gasteiger partial charge on any atom is 0.325 e. The molecule has 0 radical (unpaired) electrons. The van der Waals surface area contributed by atoms with Gasteiger partial charge in [-0.3, -0.25) is 4.79 Å². The number of carboxylic acids is 1. The lowest BCUT2D eigenvalue weighted by atomic mass is 10.0. The van der Waals surface area contributed by atoms with Gasteiger partial charge in [-0.1, -0.05) is 49.4 Å². The van der Waals surface area contributed by atoms with Gasteiger partial charge >= 0.3 is 5.97 Å². The zero-order valence-electron chi connectivity index (χ0n) is 13.2. The molecule has 1 saturated carbocycles. The van der Waals surface area contributed by atoms with Crippen molar-refractivity contribution in [2.45, 2.75) is 34.9 Å². The first kappa shape index (κ1) is 16.7. The van der Waals surface area contributed by atoms with Crippen molar-refractivity contribution in [3.63, 3.8) is 0 Å². The Morgan fingerprint density at radius 2 is 1.71 bits per heavy atom. The van der Waals surface area contributed by atoms with Crippen LogP contribution in [-0.4, -0.2) is 30.3 Å². The van der Waals surface area contributed by atoms with Crippen LogP contribution in [0.3, 0.4) is 0 Å². The largest absolute Gasteiger partial charge is 0.480 e. The summed E-state index contributed by atoms with van der Waals surface area (Å²) in [5.74, 6) is -2.05. The maximum absolute atomic E-state index is 12.9. The lowest BCUT2D eigenvalue weighted by Crippen LogP contribution is -2.39. The van der Waals surface area contributed by atoms with E-state index in [-0.39, 0.29) is 4.90 Å². The number of rotatable bonds is 5.